The maximum absolute atomic E-state index is 10.6. The molecule has 6 heteroatoms. The van der Waals surface area contributed by atoms with Gasteiger partial charge in [0, 0.05) is 12.6 Å². The third kappa shape index (κ3) is 2.37. The van der Waals surface area contributed by atoms with Crippen LogP contribution in [0.1, 0.15) is 26.7 Å². The SMILES string of the molecule is CC(C)C1(CNc2ccc([N+](=O)[O-])c(N)n2)CC1. The number of pyridine rings is 1. The maximum atomic E-state index is 10.6. The Labute approximate surface area is 106 Å². The van der Waals surface area contributed by atoms with Crippen molar-refractivity contribution in [3.05, 3.63) is 22.2 Å². The van der Waals surface area contributed by atoms with Gasteiger partial charge in [-0.25, -0.2) is 4.98 Å². The van der Waals surface area contributed by atoms with E-state index in [0.717, 1.165) is 6.54 Å². The Morgan fingerprint density at radius 2 is 2.22 bits per heavy atom. The van der Waals surface area contributed by atoms with Gasteiger partial charge >= 0.3 is 5.69 Å². The first-order valence-electron chi connectivity index (χ1n) is 6.09. The number of aromatic nitrogens is 1. The number of rotatable bonds is 5. The molecule has 3 N–H and O–H groups in total. The molecular formula is C12H18N4O2. The van der Waals surface area contributed by atoms with Crippen LogP contribution >= 0.6 is 0 Å². The topological polar surface area (TPSA) is 94.1 Å². The number of hydrogen-bond acceptors (Lipinski definition) is 5. The van der Waals surface area contributed by atoms with Crippen molar-refractivity contribution in [1.82, 2.24) is 4.98 Å². The highest BCUT2D eigenvalue weighted by Crippen LogP contribution is 2.51. The van der Waals surface area contributed by atoms with Gasteiger partial charge in [-0.1, -0.05) is 13.8 Å². The van der Waals surface area contributed by atoms with Gasteiger partial charge in [-0.2, -0.15) is 0 Å². The highest BCUT2D eigenvalue weighted by Gasteiger charge is 2.44. The van der Waals surface area contributed by atoms with E-state index in [9.17, 15) is 10.1 Å². The van der Waals surface area contributed by atoms with Crippen molar-refractivity contribution < 1.29 is 4.92 Å². The van der Waals surface area contributed by atoms with E-state index in [1.165, 1.54) is 18.9 Å². The van der Waals surface area contributed by atoms with E-state index in [-0.39, 0.29) is 11.5 Å². The number of nitrogen functional groups attached to an aromatic ring is 1. The van der Waals surface area contributed by atoms with Gasteiger partial charge < -0.3 is 11.1 Å². The molecule has 0 radical (unpaired) electrons. The highest BCUT2D eigenvalue weighted by atomic mass is 16.6. The molecule has 18 heavy (non-hydrogen) atoms. The van der Waals surface area contributed by atoms with Gasteiger partial charge in [0.2, 0.25) is 5.82 Å². The fraction of sp³-hybridized carbons (Fsp3) is 0.583. The Bertz CT molecular complexity index is 469. The fourth-order valence-electron chi connectivity index (χ4n) is 2.11. The summed E-state index contributed by atoms with van der Waals surface area (Å²) in [6.45, 7) is 5.27. The average Bonchev–Trinajstić information content (AvgIpc) is 3.07. The van der Waals surface area contributed by atoms with E-state index < -0.39 is 4.92 Å². The van der Waals surface area contributed by atoms with Crippen molar-refractivity contribution in [3.8, 4) is 0 Å². The van der Waals surface area contributed by atoms with Gasteiger partial charge in [-0.15, -0.1) is 0 Å². The minimum absolute atomic E-state index is 0.0422. The molecule has 0 amide bonds. The summed E-state index contributed by atoms with van der Waals surface area (Å²) in [7, 11) is 0. The second-order valence-electron chi connectivity index (χ2n) is 5.23. The average molecular weight is 250 g/mol. The molecule has 0 atom stereocenters. The number of nitrogens with one attached hydrogen (secondary N) is 1. The molecule has 1 heterocycles. The highest BCUT2D eigenvalue weighted by molar-refractivity contribution is 5.57. The first kappa shape index (κ1) is 12.6. The fourth-order valence-corrected chi connectivity index (χ4v) is 2.11. The quantitative estimate of drug-likeness (QED) is 0.618. The minimum Gasteiger partial charge on any atom is -0.378 e. The van der Waals surface area contributed by atoms with Crippen LogP contribution in [0.15, 0.2) is 12.1 Å². The van der Waals surface area contributed by atoms with Crippen LogP contribution in [0.5, 0.6) is 0 Å². The molecule has 1 aliphatic carbocycles. The molecule has 0 unspecified atom stereocenters. The Morgan fingerprint density at radius 3 is 2.67 bits per heavy atom. The minimum atomic E-state index is -0.525. The largest absolute Gasteiger partial charge is 0.378 e. The lowest BCUT2D eigenvalue weighted by Gasteiger charge is -2.20. The van der Waals surface area contributed by atoms with E-state index in [2.05, 4.69) is 24.1 Å². The molecule has 0 saturated heterocycles. The molecule has 0 bridgehead atoms. The first-order chi connectivity index (χ1) is 8.44. The van der Waals surface area contributed by atoms with Crippen molar-refractivity contribution >= 4 is 17.3 Å². The first-order valence-corrected chi connectivity index (χ1v) is 6.09. The van der Waals surface area contributed by atoms with Gasteiger partial charge in [0.05, 0.1) is 4.92 Å². The summed E-state index contributed by atoms with van der Waals surface area (Å²) in [5.41, 5.74) is 5.76. The number of anilines is 2. The van der Waals surface area contributed by atoms with Crippen molar-refractivity contribution in [1.29, 1.82) is 0 Å². The summed E-state index contributed by atoms with van der Waals surface area (Å²) >= 11 is 0. The zero-order valence-electron chi connectivity index (χ0n) is 10.6. The van der Waals surface area contributed by atoms with Crippen molar-refractivity contribution in [2.45, 2.75) is 26.7 Å². The van der Waals surface area contributed by atoms with Crippen LogP contribution in [0.25, 0.3) is 0 Å². The molecule has 1 saturated carbocycles. The van der Waals surface area contributed by atoms with Crippen LogP contribution in [0, 0.1) is 21.4 Å². The van der Waals surface area contributed by atoms with Crippen molar-refractivity contribution in [2.24, 2.45) is 11.3 Å². The maximum Gasteiger partial charge on any atom is 0.311 e. The third-order valence-corrected chi connectivity index (χ3v) is 3.84. The van der Waals surface area contributed by atoms with E-state index in [4.69, 9.17) is 5.73 Å². The van der Waals surface area contributed by atoms with Crippen LogP contribution in [0.2, 0.25) is 0 Å². The molecular weight excluding hydrogens is 232 g/mol. The number of nitrogens with zero attached hydrogens (tertiary/aromatic N) is 2. The molecule has 1 aromatic rings. The standard InChI is InChI=1S/C12H18N4O2/c1-8(2)12(5-6-12)7-14-10-4-3-9(16(17)18)11(13)15-10/h3-4,8H,5-7H2,1-2H3,(H3,13,14,15). The van der Waals surface area contributed by atoms with E-state index in [0.29, 0.717) is 17.2 Å². The molecule has 2 rings (SSSR count). The molecule has 0 spiro atoms. The predicted octanol–water partition coefficient (Wildman–Crippen LogP) is 2.42. The van der Waals surface area contributed by atoms with E-state index in [1.54, 1.807) is 6.07 Å². The smallest absolute Gasteiger partial charge is 0.311 e. The zero-order chi connectivity index (χ0) is 13.3. The van der Waals surface area contributed by atoms with Crippen molar-refractivity contribution in [3.63, 3.8) is 0 Å². The Kier molecular flexibility index (Phi) is 3.11. The van der Waals surface area contributed by atoms with Crippen LogP contribution < -0.4 is 11.1 Å². The summed E-state index contributed by atoms with van der Waals surface area (Å²) < 4.78 is 0. The van der Waals surface area contributed by atoms with Crippen LogP contribution in [0.4, 0.5) is 17.3 Å². The molecule has 1 aliphatic rings. The number of nitro groups is 1. The van der Waals surface area contributed by atoms with E-state index in [1.807, 2.05) is 0 Å². The number of nitrogens with two attached hydrogens (primary N) is 1. The van der Waals surface area contributed by atoms with Gasteiger partial charge in [0.15, 0.2) is 0 Å². The summed E-state index contributed by atoms with van der Waals surface area (Å²) in [6.07, 6.45) is 2.44. The van der Waals surface area contributed by atoms with Gasteiger partial charge in [0.1, 0.15) is 5.82 Å². The lowest BCUT2D eigenvalue weighted by atomic mass is 9.92. The molecule has 0 aliphatic heterocycles. The normalized spacial score (nSPS) is 16.6. The Morgan fingerprint density at radius 1 is 1.56 bits per heavy atom. The molecule has 1 fully saturated rings. The summed E-state index contributed by atoms with van der Waals surface area (Å²) in [5, 5.41) is 13.8. The Balaban J connectivity index is 2.03. The number of hydrogen-bond donors (Lipinski definition) is 2. The predicted molar refractivity (Wildman–Crippen MR) is 70.3 cm³/mol. The monoisotopic (exact) mass is 250 g/mol. The van der Waals surface area contributed by atoms with E-state index >= 15 is 0 Å². The van der Waals surface area contributed by atoms with Crippen LogP contribution in [-0.4, -0.2) is 16.5 Å². The lowest BCUT2D eigenvalue weighted by Crippen LogP contribution is -2.21. The van der Waals surface area contributed by atoms with Gasteiger partial charge in [-0.05, 0) is 30.2 Å². The summed E-state index contributed by atoms with van der Waals surface area (Å²) in [5.74, 6) is 1.19. The lowest BCUT2D eigenvalue weighted by molar-refractivity contribution is -0.384. The second kappa shape index (κ2) is 4.44. The molecule has 98 valence electrons. The van der Waals surface area contributed by atoms with Crippen LogP contribution in [0.3, 0.4) is 0 Å². The van der Waals surface area contributed by atoms with Crippen LogP contribution in [-0.2, 0) is 0 Å². The summed E-state index contributed by atoms with van der Waals surface area (Å²) in [4.78, 5) is 14.1. The third-order valence-electron chi connectivity index (χ3n) is 3.84. The zero-order valence-corrected chi connectivity index (χ0v) is 10.6. The summed E-state index contributed by atoms with van der Waals surface area (Å²) in [6, 6.07) is 2.99. The Hall–Kier alpha value is -1.85. The molecule has 0 aromatic carbocycles. The van der Waals surface area contributed by atoms with Crippen molar-refractivity contribution in [2.75, 3.05) is 17.6 Å². The van der Waals surface area contributed by atoms with Gasteiger partial charge in [-0.3, -0.25) is 10.1 Å². The second-order valence-corrected chi connectivity index (χ2v) is 5.23. The molecule has 6 nitrogen and oxygen atoms in total. The molecule has 1 aromatic heterocycles. The van der Waals surface area contributed by atoms with Gasteiger partial charge in [0.25, 0.3) is 0 Å².